The minimum atomic E-state index is -0.926. The number of thiophene rings is 1. The van der Waals surface area contributed by atoms with Crippen molar-refractivity contribution in [2.24, 2.45) is 0 Å². The third-order valence-electron chi connectivity index (χ3n) is 3.76. The summed E-state index contributed by atoms with van der Waals surface area (Å²) in [7, 11) is 0. The molecular weight excluding hydrogens is 274 g/mol. The lowest BCUT2D eigenvalue weighted by atomic mass is 10.1. The van der Waals surface area contributed by atoms with E-state index >= 15 is 0 Å². The molecule has 1 fully saturated rings. The lowest BCUT2D eigenvalue weighted by Gasteiger charge is -2.27. The average molecular weight is 295 g/mol. The van der Waals surface area contributed by atoms with Crippen molar-refractivity contribution in [3.63, 3.8) is 0 Å². The monoisotopic (exact) mass is 295 g/mol. The Morgan fingerprint density at radius 3 is 2.85 bits per heavy atom. The number of carboxylic acids is 1. The van der Waals surface area contributed by atoms with Crippen LogP contribution >= 0.6 is 11.3 Å². The van der Waals surface area contributed by atoms with Gasteiger partial charge in [0.15, 0.2) is 0 Å². The van der Waals surface area contributed by atoms with E-state index in [0.717, 1.165) is 12.1 Å². The minimum Gasteiger partial charge on any atom is -0.478 e. The smallest absolute Gasteiger partial charge is 0.328 e. The molecule has 20 heavy (non-hydrogen) atoms. The Hall–Kier alpha value is -1.17. The van der Waals surface area contributed by atoms with Gasteiger partial charge in [0.05, 0.1) is 6.61 Å². The molecule has 0 saturated heterocycles. The fraction of sp³-hybridized carbons (Fsp3) is 0.533. The van der Waals surface area contributed by atoms with E-state index in [4.69, 9.17) is 5.11 Å². The number of aliphatic hydroxyl groups excluding tert-OH is 1. The van der Waals surface area contributed by atoms with Gasteiger partial charge in [-0.3, -0.25) is 4.90 Å². The molecule has 1 saturated carbocycles. The Bertz CT molecular complexity index is 463. The van der Waals surface area contributed by atoms with Gasteiger partial charge < -0.3 is 10.2 Å². The predicted octanol–water partition coefficient (Wildman–Crippen LogP) is 2.58. The summed E-state index contributed by atoms with van der Waals surface area (Å²) in [6.07, 6.45) is 7.76. The molecule has 1 aliphatic rings. The van der Waals surface area contributed by atoms with Gasteiger partial charge in [0.1, 0.15) is 0 Å². The summed E-state index contributed by atoms with van der Waals surface area (Å²) >= 11 is 1.65. The average Bonchev–Trinajstić information content (AvgIpc) is 3.07. The second-order valence-electron chi connectivity index (χ2n) is 5.10. The van der Waals surface area contributed by atoms with Gasteiger partial charge in [-0.1, -0.05) is 12.8 Å². The van der Waals surface area contributed by atoms with E-state index in [0.29, 0.717) is 12.6 Å². The number of aliphatic carboxylic acids is 1. The maximum Gasteiger partial charge on any atom is 0.328 e. The van der Waals surface area contributed by atoms with Crippen molar-refractivity contribution < 1.29 is 15.0 Å². The van der Waals surface area contributed by atoms with Crippen LogP contribution in [0, 0.1) is 0 Å². The molecule has 1 heterocycles. The van der Waals surface area contributed by atoms with Crippen molar-refractivity contribution in [3.05, 3.63) is 28.0 Å². The molecule has 0 spiro atoms. The molecule has 5 heteroatoms. The van der Waals surface area contributed by atoms with Crippen LogP contribution < -0.4 is 0 Å². The van der Waals surface area contributed by atoms with Gasteiger partial charge in [0.25, 0.3) is 0 Å². The molecule has 110 valence electrons. The fourth-order valence-electron chi connectivity index (χ4n) is 2.76. The molecule has 2 rings (SSSR count). The topological polar surface area (TPSA) is 60.8 Å². The Labute approximate surface area is 123 Å². The van der Waals surface area contributed by atoms with Crippen LogP contribution in [0.5, 0.6) is 0 Å². The Morgan fingerprint density at radius 1 is 1.45 bits per heavy atom. The zero-order chi connectivity index (χ0) is 14.4. The van der Waals surface area contributed by atoms with Crippen LogP contribution in [0.4, 0.5) is 0 Å². The lowest BCUT2D eigenvalue weighted by Crippen LogP contribution is -2.35. The van der Waals surface area contributed by atoms with Crippen molar-refractivity contribution in [1.29, 1.82) is 0 Å². The van der Waals surface area contributed by atoms with Gasteiger partial charge in [-0.2, -0.15) is 0 Å². The SMILES string of the molecule is O=C(O)C=Cc1ccsc1CN(CCO)C1CCCC1. The number of aliphatic hydroxyl groups is 1. The first-order chi connectivity index (χ1) is 9.70. The van der Waals surface area contributed by atoms with Gasteiger partial charge in [0.2, 0.25) is 0 Å². The lowest BCUT2D eigenvalue weighted by molar-refractivity contribution is -0.131. The number of carboxylic acid groups (broad SMARTS) is 1. The molecule has 2 N–H and O–H groups in total. The van der Waals surface area contributed by atoms with E-state index in [2.05, 4.69) is 4.90 Å². The van der Waals surface area contributed by atoms with Crippen LogP contribution in [0.15, 0.2) is 17.5 Å². The van der Waals surface area contributed by atoms with Gasteiger partial charge in [-0.25, -0.2) is 4.79 Å². The molecule has 0 aromatic carbocycles. The predicted molar refractivity (Wildman–Crippen MR) is 80.7 cm³/mol. The second kappa shape index (κ2) is 7.57. The molecule has 0 radical (unpaired) electrons. The highest BCUT2D eigenvalue weighted by Gasteiger charge is 2.23. The van der Waals surface area contributed by atoms with E-state index in [9.17, 15) is 9.90 Å². The molecule has 0 atom stereocenters. The highest BCUT2D eigenvalue weighted by molar-refractivity contribution is 7.10. The minimum absolute atomic E-state index is 0.169. The highest BCUT2D eigenvalue weighted by atomic mass is 32.1. The van der Waals surface area contributed by atoms with Gasteiger partial charge >= 0.3 is 5.97 Å². The molecule has 1 aromatic rings. The number of nitrogens with zero attached hydrogens (tertiary/aromatic N) is 1. The van der Waals surface area contributed by atoms with E-state index in [-0.39, 0.29) is 6.61 Å². The third kappa shape index (κ3) is 4.16. The van der Waals surface area contributed by atoms with Crippen LogP contribution in [0.1, 0.15) is 36.1 Å². The maximum absolute atomic E-state index is 10.6. The molecule has 4 nitrogen and oxygen atoms in total. The summed E-state index contributed by atoms with van der Waals surface area (Å²) in [4.78, 5) is 14.1. The van der Waals surface area contributed by atoms with Gasteiger partial charge in [-0.15, -0.1) is 11.3 Å². The Morgan fingerprint density at radius 2 is 2.20 bits per heavy atom. The summed E-state index contributed by atoms with van der Waals surface area (Å²) < 4.78 is 0. The van der Waals surface area contributed by atoms with Crippen LogP contribution in [0.3, 0.4) is 0 Å². The molecule has 1 aromatic heterocycles. The third-order valence-corrected chi connectivity index (χ3v) is 4.68. The van der Waals surface area contributed by atoms with E-state index in [1.807, 2.05) is 11.4 Å². The van der Waals surface area contributed by atoms with Crippen LogP contribution in [0.25, 0.3) is 6.08 Å². The van der Waals surface area contributed by atoms with Crippen molar-refractivity contribution in [3.8, 4) is 0 Å². The molecule has 0 amide bonds. The van der Waals surface area contributed by atoms with Crippen molar-refractivity contribution in [2.45, 2.75) is 38.3 Å². The largest absolute Gasteiger partial charge is 0.478 e. The Balaban J connectivity index is 2.06. The quantitative estimate of drug-likeness (QED) is 0.759. The van der Waals surface area contributed by atoms with Crippen LogP contribution in [-0.4, -0.2) is 40.3 Å². The summed E-state index contributed by atoms with van der Waals surface area (Å²) in [6.45, 7) is 1.65. The maximum atomic E-state index is 10.6. The number of rotatable bonds is 7. The first kappa shape index (κ1) is 15.2. The van der Waals surface area contributed by atoms with Crippen LogP contribution in [-0.2, 0) is 11.3 Å². The first-order valence-corrected chi connectivity index (χ1v) is 7.91. The van der Waals surface area contributed by atoms with Gasteiger partial charge in [-0.05, 0) is 35.9 Å². The van der Waals surface area contributed by atoms with Crippen molar-refractivity contribution in [2.75, 3.05) is 13.2 Å². The molecular formula is C15H21NO3S. The summed E-state index contributed by atoms with van der Waals surface area (Å²) in [5.41, 5.74) is 0.971. The second-order valence-corrected chi connectivity index (χ2v) is 6.10. The van der Waals surface area contributed by atoms with Crippen molar-refractivity contribution in [1.82, 2.24) is 4.90 Å². The van der Waals surface area contributed by atoms with E-state index in [1.54, 1.807) is 17.4 Å². The number of hydrogen-bond acceptors (Lipinski definition) is 4. The standard InChI is InChI=1S/C15H21NO3S/c17-9-8-16(13-3-1-2-4-13)11-14-12(7-10-20-14)5-6-15(18)19/h5-7,10,13,17H,1-4,8-9,11H2,(H,18,19). The normalized spacial score (nSPS) is 16.5. The zero-order valence-electron chi connectivity index (χ0n) is 11.5. The van der Waals surface area contributed by atoms with Gasteiger partial charge in [0, 0.05) is 30.1 Å². The Kier molecular flexibility index (Phi) is 5.76. The molecule has 0 unspecified atom stereocenters. The molecule has 0 bridgehead atoms. The summed E-state index contributed by atoms with van der Waals surface area (Å²) in [5, 5.41) is 19.9. The van der Waals surface area contributed by atoms with Crippen molar-refractivity contribution >= 4 is 23.4 Å². The molecule has 1 aliphatic carbocycles. The summed E-state index contributed by atoms with van der Waals surface area (Å²) in [6, 6.07) is 2.51. The van der Waals surface area contributed by atoms with Crippen LogP contribution in [0.2, 0.25) is 0 Å². The highest BCUT2D eigenvalue weighted by Crippen LogP contribution is 2.27. The van der Waals surface area contributed by atoms with E-state index in [1.165, 1.54) is 36.6 Å². The number of hydrogen-bond donors (Lipinski definition) is 2. The molecule has 0 aliphatic heterocycles. The zero-order valence-corrected chi connectivity index (χ0v) is 12.3. The van der Waals surface area contributed by atoms with E-state index < -0.39 is 5.97 Å². The number of carbonyl (C=O) groups is 1. The first-order valence-electron chi connectivity index (χ1n) is 7.03. The summed E-state index contributed by atoms with van der Waals surface area (Å²) in [5.74, 6) is -0.926. The fourth-order valence-corrected chi connectivity index (χ4v) is 3.65.